The molecule has 3 heterocycles. The highest BCUT2D eigenvalue weighted by Crippen LogP contribution is 2.47. The number of hydrogen-bond donors (Lipinski definition) is 0. The van der Waals surface area contributed by atoms with Gasteiger partial charge in [-0.25, -0.2) is 15.0 Å². The van der Waals surface area contributed by atoms with E-state index in [0.717, 1.165) is 24.9 Å². The highest BCUT2D eigenvalue weighted by atomic mass is 16.5. The van der Waals surface area contributed by atoms with Crippen molar-refractivity contribution >= 4 is 5.95 Å². The Morgan fingerprint density at radius 1 is 1.14 bits per heavy atom. The SMILES string of the molecule is Cn1c(N2CC(c3ccccc3)OC3(CC3)C2)nc(-c2ccncn2)cc1=O. The predicted octanol–water partition coefficient (Wildman–Crippen LogP) is 2.35. The van der Waals surface area contributed by atoms with Crippen LogP contribution in [0.3, 0.4) is 0 Å². The van der Waals surface area contributed by atoms with E-state index in [0.29, 0.717) is 23.9 Å². The summed E-state index contributed by atoms with van der Waals surface area (Å²) < 4.78 is 8.04. The van der Waals surface area contributed by atoms with E-state index in [1.807, 2.05) is 18.2 Å². The van der Waals surface area contributed by atoms with Crippen molar-refractivity contribution in [2.24, 2.45) is 7.05 Å². The van der Waals surface area contributed by atoms with Crippen LogP contribution in [0.5, 0.6) is 0 Å². The fraction of sp³-hybridized carbons (Fsp3) is 0.333. The Morgan fingerprint density at radius 2 is 1.96 bits per heavy atom. The van der Waals surface area contributed by atoms with Gasteiger partial charge in [0.05, 0.1) is 23.5 Å². The van der Waals surface area contributed by atoms with Crippen LogP contribution in [0.2, 0.25) is 0 Å². The molecule has 7 nitrogen and oxygen atoms in total. The van der Waals surface area contributed by atoms with Crippen LogP contribution in [0.25, 0.3) is 11.4 Å². The van der Waals surface area contributed by atoms with Crippen LogP contribution >= 0.6 is 0 Å². The zero-order valence-electron chi connectivity index (χ0n) is 15.7. The lowest BCUT2D eigenvalue weighted by atomic mass is 10.1. The van der Waals surface area contributed by atoms with E-state index < -0.39 is 0 Å². The second kappa shape index (κ2) is 6.53. The molecule has 1 spiro atoms. The average molecular weight is 375 g/mol. The van der Waals surface area contributed by atoms with Gasteiger partial charge >= 0.3 is 0 Å². The Bertz CT molecular complexity index is 1050. The molecule has 0 N–H and O–H groups in total. The van der Waals surface area contributed by atoms with Gasteiger partial charge in [-0.15, -0.1) is 0 Å². The maximum atomic E-state index is 12.6. The molecule has 142 valence electrons. The summed E-state index contributed by atoms with van der Waals surface area (Å²) in [5, 5.41) is 0. The van der Waals surface area contributed by atoms with Gasteiger partial charge in [0.15, 0.2) is 0 Å². The Balaban J connectivity index is 1.54. The Morgan fingerprint density at radius 3 is 2.68 bits per heavy atom. The van der Waals surface area contributed by atoms with Crippen molar-refractivity contribution in [1.29, 1.82) is 0 Å². The minimum atomic E-state index is -0.137. The van der Waals surface area contributed by atoms with E-state index in [1.54, 1.807) is 23.9 Å². The lowest BCUT2D eigenvalue weighted by Gasteiger charge is -2.39. The maximum Gasteiger partial charge on any atom is 0.255 e. The van der Waals surface area contributed by atoms with Crippen LogP contribution in [0, 0.1) is 0 Å². The molecule has 7 heteroatoms. The number of hydrogen-bond acceptors (Lipinski definition) is 6. The molecule has 28 heavy (non-hydrogen) atoms. The van der Waals surface area contributed by atoms with E-state index in [2.05, 4.69) is 27.0 Å². The van der Waals surface area contributed by atoms with Crippen molar-refractivity contribution in [3.8, 4) is 11.4 Å². The second-order valence-corrected chi connectivity index (χ2v) is 7.51. The van der Waals surface area contributed by atoms with Crippen molar-refractivity contribution in [2.75, 3.05) is 18.0 Å². The first-order valence-corrected chi connectivity index (χ1v) is 9.46. The summed E-state index contributed by atoms with van der Waals surface area (Å²) >= 11 is 0. The van der Waals surface area contributed by atoms with Gasteiger partial charge in [-0.3, -0.25) is 9.36 Å². The molecule has 5 rings (SSSR count). The van der Waals surface area contributed by atoms with E-state index in [1.165, 1.54) is 12.4 Å². The quantitative estimate of drug-likeness (QED) is 0.700. The van der Waals surface area contributed by atoms with Crippen molar-refractivity contribution in [3.63, 3.8) is 0 Å². The lowest BCUT2D eigenvalue weighted by Crippen LogP contribution is -2.47. The van der Waals surface area contributed by atoms with Gasteiger partial charge in [-0.05, 0) is 24.5 Å². The van der Waals surface area contributed by atoms with Gasteiger partial charge in [-0.1, -0.05) is 30.3 Å². The van der Waals surface area contributed by atoms with Crippen LogP contribution < -0.4 is 10.5 Å². The second-order valence-electron chi connectivity index (χ2n) is 7.51. The van der Waals surface area contributed by atoms with Crippen molar-refractivity contribution < 1.29 is 4.74 Å². The van der Waals surface area contributed by atoms with Gasteiger partial charge in [-0.2, -0.15) is 0 Å². The smallest absolute Gasteiger partial charge is 0.255 e. The predicted molar refractivity (Wildman–Crippen MR) is 105 cm³/mol. The lowest BCUT2D eigenvalue weighted by molar-refractivity contribution is -0.0459. The minimum absolute atomic E-state index is 0.0444. The molecule has 0 amide bonds. The average Bonchev–Trinajstić information content (AvgIpc) is 3.48. The van der Waals surface area contributed by atoms with E-state index >= 15 is 0 Å². The molecular formula is C21H21N5O2. The largest absolute Gasteiger partial charge is 0.363 e. The molecule has 1 aliphatic heterocycles. The summed E-state index contributed by atoms with van der Waals surface area (Å²) in [5.74, 6) is 0.650. The van der Waals surface area contributed by atoms with Gasteiger partial charge in [0.25, 0.3) is 5.56 Å². The summed E-state index contributed by atoms with van der Waals surface area (Å²) in [7, 11) is 1.76. The molecule has 1 atom stereocenters. The minimum Gasteiger partial charge on any atom is -0.363 e. The third-order valence-corrected chi connectivity index (χ3v) is 5.47. The van der Waals surface area contributed by atoms with Crippen LogP contribution in [-0.2, 0) is 11.8 Å². The third kappa shape index (κ3) is 3.07. The molecule has 1 aromatic carbocycles. The summed E-state index contributed by atoms with van der Waals surface area (Å²) in [6, 6.07) is 13.5. The van der Waals surface area contributed by atoms with E-state index in [4.69, 9.17) is 9.72 Å². The standard InChI is InChI=1S/C21H21N5O2/c1-25-19(27)11-17(16-7-10-22-14-23-16)24-20(25)26-12-18(15-5-3-2-4-6-15)28-21(13-26)8-9-21/h2-7,10-11,14,18H,8-9,12-13H2,1H3. The Hall–Kier alpha value is -3.06. The highest BCUT2D eigenvalue weighted by molar-refractivity contribution is 5.55. The maximum absolute atomic E-state index is 12.6. The molecule has 1 unspecified atom stereocenters. The first-order chi connectivity index (χ1) is 13.6. The topological polar surface area (TPSA) is 73.1 Å². The number of aromatic nitrogens is 4. The number of anilines is 1. The van der Waals surface area contributed by atoms with Gasteiger partial charge in [0, 0.05) is 25.9 Å². The fourth-order valence-corrected chi connectivity index (χ4v) is 3.78. The molecule has 1 saturated heterocycles. The number of nitrogens with zero attached hydrogens (tertiary/aromatic N) is 5. The Labute approximate surface area is 162 Å². The number of morpholine rings is 1. The molecule has 0 bridgehead atoms. The molecule has 3 aromatic rings. The first-order valence-electron chi connectivity index (χ1n) is 9.46. The number of rotatable bonds is 3. The van der Waals surface area contributed by atoms with Gasteiger partial charge < -0.3 is 9.64 Å². The summed E-state index contributed by atoms with van der Waals surface area (Å²) in [6.45, 7) is 1.39. The van der Waals surface area contributed by atoms with Crippen molar-refractivity contribution in [3.05, 3.63) is 70.9 Å². The van der Waals surface area contributed by atoms with Crippen molar-refractivity contribution in [2.45, 2.75) is 24.5 Å². The van der Waals surface area contributed by atoms with Crippen LogP contribution in [-0.4, -0.2) is 38.2 Å². The van der Waals surface area contributed by atoms with Crippen LogP contribution in [0.1, 0.15) is 24.5 Å². The van der Waals surface area contributed by atoms with Crippen LogP contribution in [0.15, 0.2) is 59.8 Å². The first kappa shape index (κ1) is 17.1. The summed E-state index contributed by atoms with van der Waals surface area (Å²) in [4.78, 5) is 27.8. The Kier molecular flexibility index (Phi) is 3.98. The monoisotopic (exact) mass is 375 g/mol. The highest BCUT2D eigenvalue weighted by Gasteiger charge is 2.51. The molecule has 2 aromatic heterocycles. The fourth-order valence-electron chi connectivity index (χ4n) is 3.78. The molecule has 2 fully saturated rings. The molecule has 1 aliphatic carbocycles. The number of benzene rings is 1. The molecule has 2 aliphatic rings. The van der Waals surface area contributed by atoms with Crippen molar-refractivity contribution in [1.82, 2.24) is 19.5 Å². The van der Waals surface area contributed by atoms with E-state index in [-0.39, 0.29) is 17.3 Å². The van der Waals surface area contributed by atoms with Gasteiger partial charge in [0.1, 0.15) is 12.4 Å². The van der Waals surface area contributed by atoms with E-state index in [9.17, 15) is 4.79 Å². The summed E-state index contributed by atoms with van der Waals surface area (Å²) in [5.41, 5.74) is 2.11. The van der Waals surface area contributed by atoms with Gasteiger partial charge in [0.2, 0.25) is 5.95 Å². The third-order valence-electron chi connectivity index (χ3n) is 5.47. The van der Waals surface area contributed by atoms with Crippen LogP contribution in [0.4, 0.5) is 5.95 Å². The molecular weight excluding hydrogens is 354 g/mol. The zero-order valence-corrected chi connectivity index (χ0v) is 15.7. The normalized spacial score (nSPS) is 20.3. The summed E-state index contributed by atoms with van der Waals surface area (Å²) in [6.07, 6.45) is 5.14. The molecule has 0 radical (unpaired) electrons. The number of ether oxygens (including phenoxy) is 1. The zero-order chi connectivity index (χ0) is 19.1. The molecule has 1 saturated carbocycles.